The van der Waals surface area contributed by atoms with Gasteiger partial charge in [-0.3, -0.25) is 10.1 Å². The maximum absolute atomic E-state index is 11.5. The van der Waals surface area contributed by atoms with Crippen molar-refractivity contribution < 1.29 is 13.2 Å². The molecule has 1 aromatic heterocycles. The van der Waals surface area contributed by atoms with Crippen LogP contribution in [0.3, 0.4) is 0 Å². The van der Waals surface area contributed by atoms with Gasteiger partial charge in [0.1, 0.15) is 5.25 Å². The van der Waals surface area contributed by atoms with E-state index in [1.165, 1.54) is 13.0 Å². The van der Waals surface area contributed by atoms with Crippen molar-refractivity contribution in [3.63, 3.8) is 0 Å². The molecule has 1 amide bonds. The standard InChI is InChI=1S/C7H11N5O3S/c1-3-4-16(14,15)5(2)6(13)8-7-9-11-12-10-7/h3,5H,1,4H2,2H3,(H2,8,9,10,11,12,13). The highest BCUT2D eigenvalue weighted by Gasteiger charge is 2.27. The number of tetrazole rings is 1. The first-order chi connectivity index (χ1) is 7.47. The minimum Gasteiger partial charge on any atom is -0.291 e. The Balaban J connectivity index is 2.71. The molecule has 88 valence electrons. The topological polar surface area (TPSA) is 118 Å². The largest absolute Gasteiger partial charge is 0.291 e. The summed E-state index contributed by atoms with van der Waals surface area (Å²) in [6.45, 7) is 4.60. The third-order valence-corrected chi connectivity index (χ3v) is 3.83. The molecular weight excluding hydrogens is 234 g/mol. The smallest absolute Gasteiger partial charge is 0.269 e. The number of nitrogens with zero attached hydrogens (tertiary/aromatic N) is 3. The van der Waals surface area contributed by atoms with E-state index < -0.39 is 21.0 Å². The predicted molar refractivity (Wildman–Crippen MR) is 56.3 cm³/mol. The van der Waals surface area contributed by atoms with Crippen molar-refractivity contribution in [1.29, 1.82) is 0 Å². The molecule has 0 aliphatic carbocycles. The fourth-order valence-corrected chi connectivity index (χ4v) is 1.90. The fraction of sp³-hybridized carbons (Fsp3) is 0.429. The van der Waals surface area contributed by atoms with Crippen LogP contribution in [0.25, 0.3) is 0 Å². The number of hydrogen-bond acceptors (Lipinski definition) is 6. The van der Waals surface area contributed by atoms with E-state index in [1.54, 1.807) is 0 Å². The zero-order valence-electron chi connectivity index (χ0n) is 8.54. The first kappa shape index (κ1) is 12.3. The summed E-state index contributed by atoms with van der Waals surface area (Å²) < 4.78 is 23.0. The number of aromatic amines is 1. The van der Waals surface area contributed by atoms with Crippen molar-refractivity contribution >= 4 is 21.7 Å². The minimum atomic E-state index is -3.53. The van der Waals surface area contributed by atoms with Gasteiger partial charge in [0.2, 0.25) is 5.91 Å². The lowest BCUT2D eigenvalue weighted by Gasteiger charge is -2.09. The molecule has 1 aromatic rings. The van der Waals surface area contributed by atoms with Gasteiger partial charge < -0.3 is 0 Å². The quantitative estimate of drug-likeness (QED) is 0.651. The normalized spacial score (nSPS) is 13.1. The van der Waals surface area contributed by atoms with Crippen LogP contribution in [-0.2, 0) is 14.6 Å². The van der Waals surface area contributed by atoms with Crippen LogP contribution in [0.5, 0.6) is 0 Å². The van der Waals surface area contributed by atoms with Crippen molar-refractivity contribution in [2.75, 3.05) is 11.1 Å². The molecule has 8 nitrogen and oxygen atoms in total. The molecule has 0 aliphatic rings. The van der Waals surface area contributed by atoms with Crippen molar-refractivity contribution in [2.45, 2.75) is 12.2 Å². The highest BCUT2D eigenvalue weighted by Crippen LogP contribution is 2.05. The average Bonchev–Trinajstić information content (AvgIpc) is 2.69. The van der Waals surface area contributed by atoms with Crippen molar-refractivity contribution in [1.82, 2.24) is 20.6 Å². The zero-order valence-corrected chi connectivity index (χ0v) is 9.36. The van der Waals surface area contributed by atoms with Crippen LogP contribution in [-0.4, -0.2) is 46.0 Å². The van der Waals surface area contributed by atoms with E-state index in [9.17, 15) is 13.2 Å². The Bertz CT molecular complexity index is 466. The number of sulfone groups is 1. The van der Waals surface area contributed by atoms with Gasteiger partial charge in [-0.2, -0.15) is 5.21 Å². The van der Waals surface area contributed by atoms with Crippen molar-refractivity contribution in [2.24, 2.45) is 0 Å². The summed E-state index contributed by atoms with van der Waals surface area (Å²) in [6.07, 6.45) is 1.23. The number of H-pyrrole nitrogens is 1. The molecule has 0 saturated carbocycles. The number of carbonyl (C=O) groups is 1. The number of aromatic nitrogens is 4. The summed E-state index contributed by atoms with van der Waals surface area (Å²) in [5.74, 6) is -1.03. The highest BCUT2D eigenvalue weighted by molar-refractivity contribution is 7.92. The molecule has 0 spiro atoms. The number of nitrogens with one attached hydrogen (secondary N) is 2. The van der Waals surface area contributed by atoms with Crippen molar-refractivity contribution in [3.8, 4) is 0 Å². The third-order valence-electron chi connectivity index (χ3n) is 1.84. The van der Waals surface area contributed by atoms with Crippen LogP contribution in [0.15, 0.2) is 12.7 Å². The van der Waals surface area contributed by atoms with E-state index in [0.717, 1.165) is 0 Å². The van der Waals surface area contributed by atoms with E-state index in [4.69, 9.17) is 0 Å². The van der Waals surface area contributed by atoms with Gasteiger partial charge in [0.15, 0.2) is 9.84 Å². The van der Waals surface area contributed by atoms with Gasteiger partial charge in [-0.25, -0.2) is 8.42 Å². The molecule has 1 heterocycles. The van der Waals surface area contributed by atoms with Gasteiger partial charge in [-0.1, -0.05) is 11.2 Å². The number of carbonyl (C=O) groups excluding carboxylic acids is 1. The molecule has 2 N–H and O–H groups in total. The van der Waals surface area contributed by atoms with E-state index in [0.29, 0.717) is 0 Å². The van der Waals surface area contributed by atoms with Crippen LogP contribution in [0, 0.1) is 0 Å². The van der Waals surface area contributed by atoms with E-state index in [2.05, 4.69) is 32.5 Å². The van der Waals surface area contributed by atoms with E-state index in [1.807, 2.05) is 0 Å². The third kappa shape index (κ3) is 2.86. The number of hydrogen-bond donors (Lipinski definition) is 2. The van der Waals surface area contributed by atoms with Gasteiger partial charge in [-0.15, -0.1) is 11.7 Å². The summed E-state index contributed by atoms with van der Waals surface area (Å²) in [6, 6.07) is 0. The summed E-state index contributed by atoms with van der Waals surface area (Å²) >= 11 is 0. The van der Waals surface area contributed by atoms with Crippen molar-refractivity contribution in [3.05, 3.63) is 12.7 Å². The predicted octanol–water partition coefficient (Wildman–Crippen LogP) is -0.873. The maximum atomic E-state index is 11.5. The summed E-state index contributed by atoms with van der Waals surface area (Å²) in [5, 5.41) is 13.3. The molecule has 0 aromatic carbocycles. The Kier molecular flexibility index (Phi) is 3.72. The number of anilines is 1. The Morgan fingerprint density at radius 2 is 2.38 bits per heavy atom. The lowest BCUT2D eigenvalue weighted by atomic mass is 10.4. The van der Waals surface area contributed by atoms with Gasteiger partial charge in [-0.05, 0) is 12.1 Å². The van der Waals surface area contributed by atoms with Gasteiger partial charge >= 0.3 is 0 Å². The molecule has 1 rings (SSSR count). The molecule has 1 unspecified atom stereocenters. The Hall–Kier alpha value is -1.77. The van der Waals surface area contributed by atoms with Crippen LogP contribution in [0.4, 0.5) is 5.95 Å². The molecule has 0 bridgehead atoms. The molecular formula is C7H11N5O3S. The van der Waals surface area contributed by atoms with E-state index in [-0.39, 0.29) is 11.7 Å². The van der Waals surface area contributed by atoms with Crippen LogP contribution >= 0.6 is 0 Å². The van der Waals surface area contributed by atoms with Crippen LogP contribution in [0.2, 0.25) is 0 Å². The molecule has 16 heavy (non-hydrogen) atoms. The highest BCUT2D eigenvalue weighted by atomic mass is 32.2. The van der Waals surface area contributed by atoms with Gasteiger partial charge in [0.05, 0.1) is 5.75 Å². The van der Waals surface area contributed by atoms with Crippen LogP contribution < -0.4 is 5.32 Å². The summed E-state index contributed by atoms with van der Waals surface area (Å²) in [7, 11) is -3.53. The minimum absolute atomic E-state index is 0.0642. The zero-order chi connectivity index (χ0) is 12.2. The molecule has 0 saturated heterocycles. The second-order valence-corrected chi connectivity index (χ2v) is 5.35. The second-order valence-electron chi connectivity index (χ2n) is 2.99. The van der Waals surface area contributed by atoms with E-state index >= 15 is 0 Å². The fourth-order valence-electron chi connectivity index (χ4n) is 0.898. The number of rotatable bonds is 5. The summed E-state index contributed by atoms with van der Waals surface area (Å²) in [4.78, 5) is 11.5. The number of amides is 1. The first-order valence-corrected chi connectivity index (χ1v) is 6.05. The summed E-state index contributed by atoms with van der Waals surface area (Å²) in [5.41, 5.74) is 0. The molecule has 0 fully saturated rings. The SMILES string of the molecule is C=CCS(=O)(=O)C(C)C(=O)Nc1nn[nH]n1. The van der Waals surface area contributed by atoms with Gasteiger partial charge in [0, 0.05) is 0 Å². The Morgan fingerprint density at radius 1 is 1.69 bits per heavy atom. The molecule has 9 heteroatoms. The Labute approximate surface area is 92.0 Å². The van der Waals surface area contributed by atoms with Gasteiger partial charge in [0.25, 0.3) is 5.95 Å². The maximum Gasteiger partial charge on any atom is 0.269 e. The van der Waals surface area contributed by atoms with Crippen LogP contribution in [0.1, 0.15) is 6.92 Å². The Morgan fingerprint density at radius 3 is 2.88 bits per heavy atom. The monoisotopic (exact) mass is 245 g/mol. The molecule has 0 radical (unpaired) electrons. The lowest BCUT2D eigenvalue weighted by molar-refractivity contribution is -0.115. The lowest BCUT2D eigenvalue weighted by Crippen LogP contribution is -2.34. The molecule has 0 aliphatic heterocycles. The second kappa shape index (κ2) is 4.84. The average molecular weight is 245 g/mol. The first-order valence-electron chi connectivity index (χ1n) is 4.34. The molecule has 1 atom stereocenters.